The standard InChI is InChI=1S/C19H24N4O4S3/c1-11-18(29-10-15(20)24)30-19(21-11)23-17(26)13(8-9-28-3)22-16(25)12-6-4-5-7-14(12)27-2/h4-7,13H,8-10H2,1-3H3,(H2,20,24)(H,22,25)(H,21,23,26). The number of nitrogens with two attached hydrogens (primary N) is 1. The summed E-state index contributed by atoms with van der Waals surface area (Å²) < 4.78 is 6.04. The molecule has 0 bridgehead atoms. The van der Waals surface area contributed by atoms with E-state index in [4.69, 9.17) is 10.5 Å². The van der Waals surface area contributed by atoms with E-state index >= 15 is 0 Å². The van der Waals surface area contributed by atoms with E-state index in [0.717, 1.165) is 4.21 Å². The molecule has 8 nitrogen and oxygen atoms in total. The quantitative estimate of drug-likeness (QED) is 0.433. The molecule has 1 unspecified atom stereocenters. The average molecular weight is 469 g/mol. The molecule has 0 radical (unpaired) electrons. The van der Waals surface area contributed by atoms with Gasteiger partial charge in [0.15, 0.2) is 5.13 Å². The summed E-state index contributed by atoms with van der Waals surface area (Å²) in [7, 11) is 1.49. The Morgan fingerprint density at radius 3 is 2.70 bits per heavy atom. The zero-order valence-electron chi connectivity index (χ0n) is 16.9. The number of methoxy groups -OCH3 is 1. The summed E-state index contributed by atoms with van der Waals surface area (Å²) in [5.41, 5.74) is 6.25. The van der Waals surface area contributed by atoms with E-state index in [1.165, 1.54) is 30.2 Å². The van der Waals surface area contributed by atoms with Gasteiger partial charge in [-0.15, -0.1) is 11.8 Å². The molecule has 1 atom stereocenters. The molecule has 2 rings (SSSR count). The predicted octanol–water partition coefficient (Wildman–Crippen LogP) is 2.53. The third kappa shape index (κ3) is 6.92. The van der Waals surface area contributed by atoms with Crippen LogP contribution in [0.3, 0.4) is 0 Å². The van der Waals surface area contributed by atoms with Crippen LogP contribution in [0.2, 0.25) is 0 Å². The lowest BCUT2D eigenvalue weighted by molar-refractivity contribution is -0.118. The SMILES string of the molecule is COc1ccccc1C(=O)NC(CCSC)C(=O)Nc1nc(C)c(SCC(N)=O)s1. The maximum Gasteiger partial charge on any atom is 0.255 e. The fourth-order valence-corrected chi connectivity index (χ4v) is 4.82. The molecule has 1 aromatic heterocycles. The smallest absolute Gasteiger partial charge is 0.255 e. The minimum atomic E-state index is -0.735. The van der Waals surface area contributed by atoms with Crippen molar-refractivity contribution >= 4 is 57.7 Å². The molecule has 1 heterocycles. The number of anilines is 1. The van der Waals surface area contributed by atoms with Crippen LogP contribution < -0.4 is 21.1 Å². The highest BCUT2D eigenvalue weighted by molar-refractivity contribution is 8.01. The number of hydrogen-bond acceptors (Lipinski definition) is 8. The van der Waals surface area contributed by atoms with Crippen LogP contribution in [-0.2, 0) is 9.59 Å². The van der Waals surface area contributed by atoms with Gasteiger partial charge in [-0.2, -0.15) is 11.8 Å². The van der Waals surface area contributed by atoms with E-state index < -0.39 is 11.9 Å². The van der Waals surface area contributed by atoms with Gasteiger partial charge in [-0.25, -0.2) is 4.98 Å². The lowest BCUT2D eigenvalue weighted by Crippen LogP contribution is -2.44. The van der Waals surface area contributed by atoms with Crippen molar-refractivity contribution in [3.05, 3.63) is 35.5 Å². The molecular weight excluding hydrogens is 444 g/mol. The van der Waals surface area contributed by atoms with Gasteiger partial charge in [0, 0.05) is 0 Å². The fraction of sp³-hybridized carbons (Fsp3) is 0.368. The summed E-state index contributed by atoms with van der Waals surface area (Å²) in [5, 5.41) is 5.97. The van der Waals surface area contributed by atoms with Crippen LogP contribution in [0.25, 0.3) is 0 Å². The first kappa shape index (κ1) is 24.0. The number of rotatable bonds is 11. The average Bonchev–Trinajstić information content (AvgIpc) is 3.07. The number of para-hydroxylation sites is 1. The molecule has 0 fully saturated rings. The van der Waals surface area contributed by atoms with Gasteiger partial charge in [0.1, 0.15) is 11.8 Å². The van der Waals surface area contributed by atoms with E-state index in [1.54, 1.807) is 43.0 Å². The summed E-state index contributed by atoms with van der Waals surface area (Å²) in [4.78, 5) is 40.9. The highest BCUT2D eigenvalue weighted by atomic mass is 32.2. The van der Waals surface area contributed by atoms with Crippen molar-refractivity contribution in [2.24, 2.45) is 5.73 Å². The van der Waals surface area contributed by atoms with Gasteiger partial charge in [0.2, 0.25) is 11.8 Å². The molecule has 0 saturated heterocycles. The highest BCUT2D eigenvalue weighted by Gasteiger charge is 2.24. The van der Waals surface area contributed by atoms with Gasteiger partial charge in [-0.1, -0.05) is 23.5 Å². The van der Waals surface area contributed by atoms with Crippen molar-refractivity contribution in [1.82, 2.24) is 10.3 Å². The molecule has 1 aromatic carbocycles. The van der Waals surface area contributed by atoms with Crippen molar-refractivity contribution in [2.75, 3.05) is 30.2 Å². The van der Waals surface area contributed by atoms with Gasteiger partial charge in [0.05, 0.1) is 28.3 Å². The molecule has 0 saturated carbocycles. The molecule has 11 heteroatoms. The Kier molecular flexibility index (Phi) is 9.47. The Hall–Kier alpha value is -2.24. The second-order valence-corrected chi connectivity index (χ2v) is 9.37. The molecule has 0 spiro atoms. The number of aryl methyl sites for hydroxylation is 1. The maximum atomic E-state index is 12.8. The minimum Gasteiger partial charge on any atom is -0.496 e. The lowest BCUT2D eigenvalue weighted by Gasteiger charge is -2.18. The van der Waals surface area contributed by atoms with Crippen molar-refractivity contribution in [1.29, 1.82) is 0 Å². The van der Waals surface area contributed by atoms with Gasteiger partial charge < -0.3 is 21.1 Å². The first-order valence-electron chi connectivity index (χ1n) is 8.98. The topological polar surface area (TPSA) is 123 Å². The maximum absolute atomic E-state index is 12.8. The fourth-order valence-electron chi connectivity index (χ4n) is 2.47. The normalized spacial score (nSPS) is 11.6. The molecule has 0 aliphatic carbocycles. The molecule has 0 aliphatic rings. The number of hydrogen-bond donors (Lipinski definition) is 3. The molecule has 3 amide bonds. The predicted molar refractivity (Wildman–Crippen MR) is 123 cm³/mol. The summed E-state index contributed by atoms with van der Waals surface area (Å²) in [6.07, 6.45) is 2.39. The van der Waals surface area contributed by atoms with Crippen LogP contribution in [0.4, 0.5) is 5.13 Å². The number of ether oxygens (including phenoxy) is 1. The molecule has 2 aromatic rings. The number of primary amides is 1. The van der Waals surface area contributed by atoms with Crippen LogP contribution in [0.1, 0.15) is 22.5 Å². The molecule has 0 aliphatic heterocycles. The monoisotopic (exact) mass is 468 g/mol. The number of benzene rings is 1. The Morgan fingerprint density at radius 1 is 1.30 bits per heavy atom. The van der Waals surface area contributed by atoms with E-state index in [9.17, 15) is 14.4 Å². The Balaban J connectivity index is 2.10. The second kappa shape index (κ2) is 11.8. The summed E-state index contributed by atoms with van der Waals surface area (Å²) in [6.45, 7) is 1.80. The number of aromatic nitrogens is 1. The molecule has 30 heavy (non-hydrogen) atoms. The Morgan fingerprint density at radius 2 is 2.03 bits per heavy atom. The van der Waals surface area contributed by atoms with Crippen LogP contribution in [-0.4, -0.2) is 53.6 Å². The third-order valence-corrected chi connectivity index (χ3v) is 7.02. The molecule has 162 valence electrons. The van der Waals surface area contributed by atoms with E-state index in [1.807, 2.05) is 6.26 Å². The van der Waals surface area contributed by atoms with E-state index in [2.05, 4.69) is 15.6 Å². The Bertz CT molecular complexity index is 904. The molecule has 4 N–H and O–H groups in total. The third-order valence-electron chi connectivity index (χ3n) is 3.91. The highest BCUT2D eigenvalue weighted by Crippen LogP contribution is 2.32. The number of thioether (sulfide) groups is 2. The minimum absolute atomic E-state index is 0.141. The summed E-state index contributed by atoms with van der Waals surface area (Å²) in [6, 6.07) is 6.10. The van der Waals surface area contributed by atoms with Crippen molar-refractivity contribution < 1.29 is 19.1 Å². The van der Waals surface area contributed by atoms with Crippen LogP contribution >= 0.6 is 34.9 Å². The largest absolute Gasteiger partial charge is 0.496 e. The van der Waals surface area contributed by atoms with Crippen LogP contribution in [0.15, 0.2) is 28.5 Å². The first-order chi connectivity index (χ1) is 14.3. The lowest BCUT2D eigenvalue weighted by atomic mass is 10.1. The summed E-state index contributed by atoms with van der Waals surface area (Å²) >= 11 is 4.13. The Labute approximate surface area is 187 Å². The summed E-state index contributed by atoms with van der Waals surface area (Å²) in [5.74, 6) is 0.109. The number of thiazole rings is 1. The molecular formula is C19H24N4O4S3. The van der Waals surface area contributed by atoms with Crippen molar-refractivity contribution in [3.8, 4) is 5.75 Å². The zero-order chi connectivity index (χ0) is 22.1. The van der Waals surface area contributed by atoms with E-state index in [0.29, 0.717) is 34.3 Å². The number of carbonyl (C=O) groups excluding carboxylic acids is 3. The second-order valence-electron chi connectivity index (χ2n) is 6.14. The number of nitrogens with zero attached hydrogens (tertiary/aromatic N) is 1. The van der Waals surface area contributed by atoms with E-state index in [-0.39, 0.29) is 17.6 Å². The number of nitrogens with one attached hydrogen (secondary N) is 2. The number of carbonyl (C=O) groups is 3. The first-order valence-corrected chi connectivity index (χ1v) is 12.2. The van der Waals surface area contributed by atoms with Crippen LogP contribution in [0, 0.1) is 6.92 Å². The van der Waals surface area contributed by atoms with Gasteiger partial charge in [-0.3, -0.25) is 14.4 Å². The van der Waals surface area contributed by atoms with Gasteiger partial charge >= 0.3 is 0 Å². The zero-order valence-corrected chi connectivity index (χ0v) is 19.3. The number of amides is 3. The van der Waals surface area contributed by atoms with Crippen LogP contribution in [0.5, 0.6) is 5.75 Å². The van der Waals surface area contributed by atoms with Crippen molar-refractivity contribution in [3.63, 3.8) is 0 Å². The van der Waals surface area contributed by atoms with Gasteiger partial charge in [0.25, 0.3) is 5.91 Å². The van der Waals surface area contributed by atoms with Crippen molar-refractivity contribution in [2.45, 2.75) is 23.6 Å². The van der Waals surface area contributed by atoms with Gasteiger partial charge in [-0.05, 0) is 37.5 Å².